The average molecular weight is 485 g/mol. The van der Waals surface area contributed by atoms with Crippen molar-refractivity contribution in [1.82, 2.24) is 14.8 Å². The highest BCUT2D eigenvalue weighted by molar-refractivity contribution is 7.99. The van der Waals surface area contributed by atoms with E-state index in [2.05, 4.69) is 15.5 Å². The van der Waals surface area contributed by atoms with Gasteiger partial charge in [-0.05, 0) is 43.7 Å². The van der Waals surface area contributed by atoms with Crippen molar-refractivity contribution in [2.75, 3.05) is 11.1 Å². The molecule has 1 amide bonds. The number of nitrogens with zero attached hydrogens (tertiary/aromatic N) is 3. The molecule has 1 aromatic heterocycles. The molecule has 1 atom stereocenters. The SMILES string of the molecule is Cc1ccccc1OC(C)c1nnc(SCC(=O)Nc2cc(C(F)(F)F)ccc2Cl)n1C. The number of hydrogen-bond donors (Lipinski definition) is 1. The van der Waals surface area contributed by atoms with Crippen LogP contribution in [0.2, 0.25) is 5.02 Å². The van der Waals surface area contributed by atoms with Crippen molar-refractivity contribution >= 4 is 35.0 Å². The fourth-order valence-corrected chi connectivity index (χ4v) is 3.73. The number of carbonyl (C=O) groups excluding carboxylic acids is 1. The Labute approximate surface area is 192 Å². The molecule has 3 rings (SSSR count). The molecule has 0 spiro atoms. The number of halogens is 4. The van der Waals surface area contributed by atoms with Crippen molar-refractivity contribution in [3.63, 3.8) is 0 Å². The molecule has 0 aliphatic heterocycles. The van der Waals surface area contributed by atoms with Crippen molar-refractivity contribution in [2.45, 2.75) is 31.3 Å². The second kappa shape index (κ2) is 9.83. The molecule has 0 saturated heterocycles. The second-order valence-corrected chi connectivity index (χ2v) is 8.30. The number of alkyl halides is 3. The largest absolute Gasteiger partial charge is 0.482 e. The summed E-state index contributed by atoms with van der Waals surface area (Å²) >= 11 is 7.01. The van der Waals surface area contributed by atoms with Gasteiger partial charge in [0, 0.05) is 7.05 Å². The van der Waals surface area contributed by atoms with Gasteiger partial charge >= 0.3 is 6.18 Å². The van der Waals surface area contributed by atoms with Crippen LogP contribution in [-0.4, -0.2) is 26.4 Å². The standard InChI is InChI=1S/C21H20ClF3N4O2S/c1-12-6-4-5-7-17(12)31-13(2)19-27-28-20(29(19)3)32-11-18(30)26-16-10-14(21(23,24)25)8-9-15(16)22/h4-10,13H,11H2,1-3H3,(H,26,30). The van der Waals surface area contributed by atoms with Gasteiger partial charge in [0.1, 0.15) is 5.75 Å². The molecular weight excluding hydrogens is 465 g/mol. The summed E-state index contributed by atoms with van der Waals surface area (Å²) in [7, 11) is 1.75. The smallest absolute Gasteiger partial charge is 0.416 e. The van der Waals surface area contributed by atoms with Crippen molar-refractivity contribution < 1.29 is 22.7 Å². The number of amides is 1. The number of aryl methyl sites for hydroxylation is 1. The van der Waals surface area contributed by atoms with Crippen LogP contribution in [0.25, 0.3) is 0 Å². The fraction of sp³-hybridized carbons (Fsp3) is 0.286. The maximum atomic E-state index is 12.9. The number of rotatable bonds is 7. The number of para-hydroxylation sites is 1. The number of anilines is 1. The van der Waals surface area contributed by atoms with Crippen LogP contribution in [0.15, 0.2) is 47.6 Å². The van der Waals surface area contributed by atoms with E-state index in [9.17, 15) is 18.0 Å². The summed E-state index contributed by atoms with van der Waals surface area (Å²) in [5.41, 5.74) is -0.0162. The lowest BCUT2D eigenvalue weighted by atomic mass is 10.2. The number of nitrogens with one attached hydrogen (secondary N) is 1. The number of hydrogen-bond acceptors (Lipinski definition) is 5. The van der Waals surface area contributed by atoms with Gasteiger partial charge in [-0.15, -0.1) is 10.2 Å². The Morgan fingerprint density at radius 2 is 1.97 bits per heavy atom. The third kappa shape index (κ3) is 5.74. The first kappa shape index (κ1) is 23.9. The molecule has 32 heavy (non-hydrogen) atoms. The van der Waals surface area contributed by atoms with Gasteiger partial charge in [0.15, 0.2) is 17.1 Å². The van der Waals surface area contributed by atoms with Crippen molar-refractivity contribution in [3.8, 4) is 5.75 Å². The van der Waals surface area contributed by atoms with Crippen LogP contribution in [0.3, 0.4) is 0 Å². The predicted molar refractivity (Wildman–Crippen MR) is 117 cm³/mol. The zero-order valence-corrected chi connectivity index (χ0v) is 19.0. The predicted octanol–water partition coefficient (Wildman–Crippen LogP) is 5.67. The molecule has 1 unspecified atom stereocenters. The summed E-state index contributed by atoms with van der Waals surface area (Å²) in [6, 6.07) is 10.3. The molecule has 170 valence electrons. The second-order valence-electron chi connectivity index (χ2n) is 6.95. The van der Waals surface area contributed by atoms with Gasteiger partial charge in [0.25, 0.3) is 0 Å². The summed E-state index contributed by atoms with van der Waals surface area (Å²) in [6.45, 7) is 3.78. The van der Waals surface area contributed by atoms with Crippen LogP contribution < -0.4 is 10.1 Å². The molecule has 0 aliphatic carbocycles. The topological polar surface area (TPSA) is 69.0 Å². The van der Waals surface area contributed by atoms with E-state index < -0.39 is 17.6 Å². The first-order chi connectivity index (χ1) is 15.1. The molecule has 2 aromatic carbocycles. The Morgan fingerprint density at radius 3 is 2.66 bits per heavy atom. The monoisotopic (exact) mass is 484 g/mol. The zero-order valence-electron chi connectivity index (χ0n) is 17.4. The maximum absolute atomic E-state index is 12.9. The summed E-state index contributed by atoms with van der Waals surface area (Å²) in [4.78, 5) is 12.3. The van der Waals surface area contributed by atoms with E-state index in [0.717, 1.165) is 41.3 Å². The molecule has 0 bridgehead atoms. The Hall–Kier alpha value is -2.72. The van der Waals surface area contributed by atoms with E-state index in [-0.39, 0.29) is 22.6 Å². The minimum atomic E-state index is -4.54. The first-order valence-corrected chi connectivity index (χ1v) is 10.8. The Kier molecular flexibility index (Phi) is 7.35. The number of thioether (sulfide) groups is 1. The van der Waals surface area contributed by atoms with Gasteiger partial charge < -0.3 is 14.6 Å². The van der Waals surface area contributed by atoms with Crippen molar-refractivity contribution in [1.29, 1.82) is 0 Å². The molecular formula is C21H20ClF3N4O2S. The van der Waals surface area contributed by atoms with Crippen LogP contribution in [0.1, 0.15) is 30.0 Å². The minimum absolute atomic E-state index is 0.0134. The van der Waals surface area contributed by atoms with Gasteiger partial charge in [-0.2, -0.15) is 13.2 Å². The highest BCUT2D eigenvalue weighted by Gasteiger charge is 2.31. The normalized spacial score (nSPS) is 12.5. The number of benzene rings is 2. The lowest BCUT2D eigenvalue weighted by Gasteiger charge is -2.15. The summed E-state index contributed by atoms with van der Waals surface area (Å²) in [6.07, 6.45) is -4.93. The van der Waals surface area contributed by atoms with Crippen molar-refractivity contribution in [2.24, 2.45) is 7.05 Å². The van der Waals surface area contributed by atoms with Gasteiger partial charge in [0.05, 0.1) is 22.0 Å². The molecule has 0 fully saturated rings. The minimum Gasteiger partial charge on any atom is -0.482 e. The molecule has 0 radical (unpaired) electrons. The first-order valence-electron chi connectivity index (χ1n) is 9.47. The molecule has 0 aliphatic rings. The molecule has 6 nitrogen and oxygen atoms in total. The molecule has 1 N–H and O–H groups in total. The van der Waals surface area contributed by atoms with E-state index in [0.29, 0.717) is 11.0 Å². The summed E-state index contributed by atoms with van der Waals surface area (Å²) < 4.78 is 46.3. The lowest BCUT2D eigenvalue weighted by molar-refractivity contribution is -0.137. The van der Waals surface area contributed by atoms with E-state index in [4.69, 9.17) is 16.3 Å². The third-order valence-corrected chi connectivity index (χ3v) is 5.88. The van der Waals surface area contributed by atoms with Crippen LogP contribution in [0.4, 0.5) is 18.9 Å². The van der Waals surface area contributed by atoms with Gasteiger partial charge in [-0.25, -0.2) is 0 Å². The van der Waals surface area contributed by atoms with E-state index in [1.54, 1.807) is 11.6 Å². The Balaban J connectivity index is 1.63. The van der Waals surface area contributed by atoms with E-state index in [1.807, 2.05) is 38.1 Å². The third-order valence-electron chi connectivity index (χ3n) is 4.53. The van der Waals surface area contributed by atoms with E-state index in [1.165, 1.54) is 0 Å². The average Bonchev–Trinajstić information content (AvgIpc) is 3.09. The molecule has 11 heteroatoms. The van der Waals surface area contributed by atoms with Crippen LogP contribution in [0, 0.1) is 6.92 Å². The van der Waals surface area contributed by atoms with Crippen LogP contribution in [-0.2, 0) is 18.0 Å². The molecule has 3 aromatic rings. The summed E-state index contributed by atoms with van der Waals surface area (Å²) in [5, 5.41) is 11.1. The maximum Gasteiger partial charge on any atom is 0.416 e. The quantitative estimate of drug-likeness (QED) is 0.438. The highest BCUT2D eigenvalue weighted by Crippen LogP contribution is 2.34. The Bertz CT molecular complexity index is 1120. The summed E-state index contributed by atoms with van der Waals surface area (Å²) in [5.74, 6) is 0.683. The lowest BCUT2D eigenvalue weighted by Crippen LogP contribution is -2.16. The van der Waals surface area contributed by atoms with Gasteiger partial charge in [0.2, 0.25) is 5.91 Å². The highest BCUT2D eigenvalue weighted by atomic mass is 35.5. The van der Waals surface area contributed by atoms with Crippen LogP contribution in [0.5, 0.6) is 5.75 Å². The van der Waals surface area contributed by atoms with Crippen molar-refractivity contribution in [3.05, 3.63) is 64.4 Å². The molecule has 1 heterocycles. The number of carbonyl (C=O) groups is 1. The number of aromatic nitrogens is 3. The van der Waals surface area contributed by atoms with Gasteiger partial charge in [-0.1, -0.05) is 41.6 Å². The molecule has 0 saturated carbocycles. The zero-order chi connectivity index (χ0) is 23.5. The van der Waals surface area contributed by atoms with E-state index >= 15 is 0 Å². The van der Waals surface area contributed by atoms with Gasteiger partial charge in [-0.3, -0.25) is 4.79 Å². The fourth-order valence-electron chi connectivity index (χ4n) is 2.85. The Morgan fingerprint density at radius 1 is 1.25 bits per heavy atom. The van der Waals surface area contributed by atoms with Crippen LogP contribution >= 0.6 is 23.4 Å². The number of ether oxygens (including phenoxy) is 1.